The average molecular weight is 461 g/mol. The molecule has 154 valence electrons. The average Bonchev–Trinajstić information content (AvgIpc) is 2.75. The molecule has 1 fully saturated rings. The number of hydrogen-bond donors (Lipinski definition) is 1. The van der Waals surface area contributed by atoms with Gasteiger partial charge in [0.2, 0.25) is 11.8 Å². The smallest absolute Gasteiger partial charge is 0.223 e. The van der Waals surface area contributed by atoms with Gasteiger partial charge in [-0.15, -0.1) is 0 Å². The van der Waals surface area contributed by atoms with Gasteiger partial charge in [-0.1, -0.05) is 36.4 Å². The molecule has 29 heavy (non-hydrogen) atoms. The number of rotatable bonds is 7. The molecule has 0 bridgehead atoms. The predicted octanol–water partition coefficient (Wildman–Crippen LogP) is 4.12. The van der Waals surface area contributed by atoms with Gasteiger partial charge in [-0.05, 0) is 64.9 Å². The Morgan fingerprint density at radius 1 is 1.03 bits per heavy atom. The van der Waals surface area contributed by atoms with Crippen LogP contribution < -0.4 is 5.32 Å². The van der Waals surface area contributed by atoms with Crippen LogP contribution in [0.3, 0.4) is 0 Å². The van der Waals surface area contributed by atoms with Crippen molar-refractivity contribution in [3.8, 4) is 0 Å². The van der Waals surface area contributed by atoms with Crippen LogP contribution in [0.2, 0.25) is 0 Å². The van der Waals surface area contributed by atoms with Crippen molar-refractivity contribution < 1.29 is 14.0 Å². The van der Waals surface area contributed by atoms with Gasteiger partial charge in [0, 0.05) is 32.0 Å². The summed E-state index contributed by atoms with van der Waals surface area (Å²) in [5.74, 6) is -0.131. The van der Waals surface area contributed by atoms with Crippen LogP contribution in [0.25, 0.3) is 0 Å². The fourth-order valence-corrected chi connectivity index (χ4v) is 4.04. The second kappa shape index (κ2) is 10.5. The first-order chi connectivity index (χ1) is 14.0. The molecule has 0 spiro atoms. The van der Waals surface area contributed by atoms with E-state index in [2.05, 4.69) is 21.2 Å². The Morgan fingerprint density at radius 2 is 1.76 bits per heavy atom. The van der Waals surface area contributed by atoms with Gasteiger partial charge in [0.1, 0.15) is 5.82 Å². The first-order valence-electron chi connectivity index (χ1n) is 10.1. The molecule has 0 unspecified atom stereocenters. The number of likely N-dealkylation sites (tertiary alicyclic amines) is 1. The number of carbonyl (C=O) groups is 2. The molecule has 0 radical (unpaired) electrons. The third-order valence-corrected chi connectivity index (χ3v) is 5.99. The van der Waals surface area contributed by atoms with E-state index in [1.165, 1.54) is 11.6 Å². The molecule has 6 heteroatoms. The largest absolute Gasteiger partial charge is 0.356 e. The number of amides is 2. The lowest BCUT2D eigenvalue weighted by molar-refractivity contribution is -0.135. The molecule has 0 atom stereocenters. The summed E-state index contributed by atoms with van der Waals surface area (Å²) in [6.07, 6.45) is 3.31. The highest BCUT2D eigenvalue weighted by atomic mass is 79.9. The van der Waals surface area contributed by atoms with Crippen LogP contribution in [0.5, 0.6) is 0 Å². The second-order valence-electron chi connectivity index (χ2n) is 7.43. The van der Waals surface area contributed by atoms with Crippen molar-refractivity contribution in [2.24, 2.45) is 5.92 Å². The van der Waals surface area contributed by atoms with Crippen molar-refractivity contribution in [2.75, 3.05) is 19.6 Å². The summed E-state index contributed by atoms with van der Waals surface area (Å²) in [5.41, 5.74) is 2.14. The molecular weight excluding hydrogens is 435 g/mol. The second-order valence-corrected chi connectivity index (χ2v) is 8.28. The van der Waals surface area contributed by atoms with Gasteiger partial charge >= 0.3 is 0 Å². The van der Waals surface area contributed by atoms with Crippen molar-refractivity contribution >= 4 is 27.7 Å². The molecule has 1 N–H and O–H groups in total. The van der Waals surface area contributed by atoms with Gasteiger partial charge in [-0.2, -0.15) is 0 Å². The first kappa shape index (κ1) is 21.5. The summed E-state index contributed by atoms with van der Waals surface area (Å²) in [6.45, 7) is 1.79. The molecule has 1 aliphatic heterocycles. The number of nitrogens with zero attached hydrogens (tertiary/aromatic N) is 1. The van der Waals surface area contributed by atoms with Crippen LogP contribution in [0.4, 0.5) is 4.39 Å². The fraction of sp³-hybridized carbons (Fsp3) is 0.391. The zero-order chi connectivity index (χ0) is 20.6. The molecule has 0 aromatic heterocycles. The monoisotopic (exact) mass is 460 g/mol. The van der Waals surface area contributed by atoms with Gasteiger partial charge in [0.25, 0.3) is 0 Å². The molecule has 1 saturated heterocycles. The van der Waals surface area contributed by atoms with E-state index >= 15 is 0 Å². The lowest BCUT2D eigenvalue weighted by atomic mass is 9.95. The SMILES string of the molecule is O=C(NCCc1ccc(F)c(Br)c1)C1CCN(C(=O)CCc2ccccc2)CC1. The normalized spacial score (nSPS) is 14.6. The number of nitrogens with one attached hydrogen (secondary N) is 1. The van der Waals surface area contributed by atoms with Crippen molar-refractivity contribution in [2.45, 2.75) is 32.1 Å². The Bertz CT molecular complexity index is 836. The van der Waals surface area contributed by atoms with E-state index in [1.54, 1.807) is 12.1 Å². The molecule has 0 saturated carbocycles. The number of halogens is 2. The van der Waals surface area contributed by atoms with E-state index in [9.17, 15) is 14.0 Å². The first-order valence-corrected chi connectivity index (χ1v) is 10.9. The highest BCUT2D eigenvalue weighted by molar-refractivity contribution is 9.10. The number of benzene rings is 2. The Balaban J connectivity index is 1.36. The zero-order valence-corrected chi connectivity index (χ0v) is 18.0. The van der Waals surface area contributed by atoms with Gasteiger partial charge in [-0.3, -0.25) is 9.59 Å². The van der Waals surface area contributed by atoms with E-state index in [1.807, 2.05) is 35.2 Å². The van der Waals surface area contributed by atoms with E-state index < -0.39 is 0 Å². The van der Waals surface area contributed by atoms with E-state index in [-0.39, 0.29) is 23.5 Å². The Kier molecular flexibility index (Phi) is 7.81. The molecule has 2 aromatic carbocycles. The van der Waals surface area contributed by atoms with Crippen LogP contribution >= 0.6 is 15.9 Å². The van der Waals surface area contributed by atoms with Crippen LogP contribution in [0, 0.1) is 11.7 Å². The molecule has 1 aliphatic rings. The standard InChI is InChI=1S/C23H26BrFN2O2/c24-20-16-18(6-8-21(20)25)10-13-26-23(29)19-11-14-27(15-12-19)22(28)9-7-17-4-2-1-3-5-17/h1-6,8,16,19H,7,9-15H2,(H,26,29). The van der Waals surface area contributed by atoms with E-state index in [4.69, 9.17) is 0 Å². The van der Waals surface area contributed by atoms with Gasteiger partial charge in [-0.25, -0.2) is 4.39 Å². The molecule has 2 aromatic rings. The molecule has 0 aliphatic carbocycles. The van der Waals surface area contributed by atoms with Gasteiger partial charge in [0.05, 0.1) is 4.47 Å². The maximum Gasteiger partial charge on any atom is 0.223 e. The summed E-state index contributed by atoms with van der Waals surface area (Å²) in [5, 5.41) is 2.97. The lowest BCUT2D eigenvalue weighted by Crippen LogP contribution is -2.43. The minimum atomic E-state index is -0.289. The van der Waals surface area contributed by atoms with E-state index in [0.717, 1.165) is 12.0 Å². The Hall–Kier alpha value is -2.21. The molecular formula is C23H26BrFN2O2. The number of hydrogen-bond acceptors (Lipinski definition) is 2. The topological polar surface area (TPSA) is 49.4 Å². The Morgan fingerprint density at radius 3 is 2.45 bits per heavy atom. The third-order valence-electron chi connectivity index (χ3n) is 5.39. The highest BCUT2D eigenvalue weighted by Gasteiger charge is 2.26. The quantitative estimate of drug-likeness (QED) is 0.675. The summed E-state index contributed by atoms with van der Waals surface area (Å²) in [7, 11) is 0. The predicted molar refractivity (Wildman–Crippen MR) is 115 cm³/mol. The van der Waals surface area contributed by atoms with Crippen LogP contribution in [-0.2, 0) is 22.4 Å². The summed E-state index contributed by atoms with van der Waals surface area (Å²) >= 11 is 3.18. The molecule has 3 rings (SSSR count). The fourth-order valence-electron chi connectivity index (χ4n) is 3.61. The van der Waals surface area contributed by atoms with Crippen molar-refractivity contribution in [3.05, 3.63) is 69.9 Å². The number of aryl methyl sites for hydroxylation is 1. The lowest BCUT2D eigenvalue weighted by Gasteiger charge is -2.31. The summed E-state index contributed by atoms with van der Waals surface area (Å²) in [4.78, 5) is 26.7. The van der Waals surface area contributed by atoms with Crippen LogP contribution in [0.1, 0.15) is 30.4 Å². The molecule has 4 nitrogen and oxygen atoms in total. The summed E-state index contributed by atoms with van der Waals surface area (Å²) < 4.78 is 13.7. The van der Waals surface area contributed by atoms with Crippen molar-refractivity contribution in [1.29, 1.82) is 0 Å². The van der Waals surface area contributed by atoms with Crippen LogP contribution in [-0.4, -0.2) is 36.3 Å². The molecule has 1 heterocycles. The minimum Gasteiger partial charge on any atom is -0.356 e. The van der Waals surface area contributed by atoms with Crippen molar-refractivity contribution in [1.82, 2.24) is 10.2 Å². The minimum absolute atomic E-state index is 0.0440. The van der Waals surface area contributed by atoms with Crippen molar-refractivity contribution in [3.63, 3.8) is 0 Å². The number of carbonyl (C=O) groups excluding carboxylic acids is 2. The number of piperidine rings is 1. The van der Waals surface area contributed by atoms with Gasteiger partial charge < -0.3 is 10.2 Å². The Labute approximate surface area is 179 Å². The maximum absolute atomic E-state index is 13.3. The maximum atomic E-state index is 13.3. The summed E-state index contributed by atoms with van der Waals surface area (Å²) in [6, 6.07) is 14.9. The van der Waals surface area contributed by atoms with Gasteiger partial charge in [0.15, 0.2) is 0 Å². The third kappa shape index (κ3) is 6.39. The zero-order valence-electron chi connectivity index (χ0n) is 16.4. The highest BCUT2D eigenvalue weighted by Crippen LogP contribution is 2.19. The van der Waals surface area contributed by atoms with E-state index in [0.29, 0.717) is 49.8 Å². The van der Waals surface area contributed by atoms with Crippen LogP contribution in [0.15, 0.2) is 53.0 Å². The molecule has 2 amide bonds.